The molecular weight excluding hydrogens is 619 g/mol. The summed E-state index contributed by atoms with van der Waals surface area (Å²) < 4.78 is 4.62. The highest BCUT2D eigenvalue weighted by Gasteiger charge is 2.38. The van der Waals surface area contributed by atoms with Gasteiger partial charge in [0.15, 0.2) is 11.4 Å². The summed E-state index contributed by atoms with van der Waals surface area (Å²) in [5, 5.41) is 8.75. The van der Waals surface area contributed by atoms with Gasteiger partial charge in [-0.2, -0.15) is 5.26 Å². The molecule has 0 aliphatic heterocycles. The Morgan fingerprint density at radius 2 is 0.980 bits per heavy atom. The third kappa shape index (κ3) is 7.93. The van der Waals surface area contributed by atoms with Gasteiger partial charge < -0.3 is 4.74 Å². The van der Waals surface area contributed by atoms with E-state index in [-0.39, 0.29) is 27.4 Å². The molecule has 254 valence electrons. The number of carbonyl (C=O) groups is 1. The zero-order valence-electron chi connectivity index (χ0n) is 30.7. The average molecular weight is 664 g/mol. The van der Waals surface area contributed by atoms with Crippen LogP contribution in [0.25, 0.3) is 0 Å². The van der Waals surface area contributed by atoms with Crippen molar-refractivity contribution in [3.63, 3.8) is 0 Å². The molecule has 0 saturated heterocycles. The van der Waals surface area contributed by atoms with E-state index in [4.69, 9.17) is 5.26 Å². The number of nitrogens with zero attached hydrogens (tertiary/aromatic N) is 5. The molecule has 7 nitrogen and oxygen atoms in total. The molecule has 0 bridgehead atoms. The molecule has 7 heteroatoms. The minimum Gasteiger partial charge on any atom is -0.464 e. The first-order chi connectivity index (χ1) is 23.5. The van der Waals surface area contributed by atoms with Crippen molar-refractivity contribution in [1.82, 2.24) is 19.9 Å². The van der Waals surface area contributed by atoms with Crippen LogP contribution in [-0.4, -0.2) is 33.0 Å². The summed E-state index contributed by atoms with van der Waals surface area (Å²) >= 11 is 0. The summed E-state index contributed by atoms with van der Waals surface area (Å²) in [5.74, 6) is 11.9. The molecule has 0 amide bonds. The maximum absolute atomic E-state index is 11.4. The molecule has 4 aromatic rings. The summed E-state index contributed by atoms with van der Waals surface area (Å²) in [5.41, 5.74) is 9.92. The number of hydrogen-bond donors (Lipinski definition) is 0. The Morgan fingerprint density at radius 3 is 1.36 bits per heavy atom. The molecule has 0 spiro atoms. The van der Waals surface area contributed by atoms with E-state index >= 15 is 0 Å². The zero-order chi connectivity index (χ0) is 36.3. The molecule has 2 heterocycles. The van der Waals surface area contributed by atoms with Gasteiger partial charge >= 0.3 is 5.97 Å². The number of ether oxygens (including phenoxy) is 1. The fourth-order valence-corrected chi connectivity index (χ4v) is 6.66. The van der Waals surface area contributed by atoms with E-state index < -0.39 is 5.97 Å². The second-order valence-electron chi connectivity index (χ2n) is 15.7. The van der Waals surface area contributed by atoms with Gasteiger partial charge in [0.25, 0.3) is 0 Å². The molecule has 0 unspecified atom stereocenters. The molecular formula is C43H45N5O2. The summed E-state index contributed by atoms with van der Waals surface area (Å²) in [4.78, 5) is 27.7. The normalized spacial score (nSPS) is 17.0. The summed E-state index contributed by atoms with van der Waals surface area (Å²) in [7, 11) is 1.32. The third-order valence-electron chi connectivity index (χ3n) is 10.2. The van der Waals surface area contributed by atoms with Crippen molar-refractivity contribution in [1.29, 1.82) is 5.26 Å². The van der Waals surface area contributed by atoms with Gasteiger partial charge in [0.1, 0.15) is 17.5 Å². The maximum atomic E-state index is 11.4. The number of carbonyl (C=O) groups excluding carboxylic acids is 1. The van der Waals surface area contributed by atoms with Gasteiger partial charge in [-0.25, -0.2) is 24.7 Å². The molecule has 0 saturated carbocycles. The minimum absolute atomic E-state index is 0.157. The smallest absolute Gasteiger partial charge is 0.358 e. The van der Waals surface area contributed by atoms with Gasteiger partial charge in [0.05, 0.1) is 31.9 Å². The van der Waals surface area contributed by atoms with Crippen molar-refractivity contribution in [3.05, 3.63) is 117 Å². The van der Waals surface area contributed by atoms with E-state index in [1.807, 2.05) is 6.07 Å². The third-order valence-corrected chi connectivity index (χ3v) is 10.2. The van der Waals surface area contributed by atoms with Crippen LogP contribution in [0.1, 0.15) is 142 Å². The lowest BCUT2D eigenvalue weighted by Crippen LogP contribution is -2.33. The van der Waals surface area contributed by atoms with Gasteiger partial charge in [0, 0.05) is 11.1 Å². The second kappa shape index (κ2) is 13.9. The SMILES string of the molecule is CC1(C)CCC(C)(C)c2cc(C#Cc3cnc(C#N)cn3)ccc21.COC(=O)c1cnc(C#Cc2ccc3c(c2)C(C)(C)CCC3(C)C)cn1. The number of nitriles is 1. The second-order valence-corrected chi connectivity index (χ2v) is 15.7. The number of rotatable bonds is 1. The Labute approximate surface area is 297 Å². The van der Waals surface area contributed by atoms with E-state index in [1.54, 1.807) is 0 Å². The fourth-order valence-electron chi connectivity index (χ4n) is 6.66. The molecule has 0 fully saturated rings. The van der Waals surface area contributed by atoms with Gasteiger partial charge in [-0.05, 0) is 106 Å². The first-order valence-electron chi connectivity index (χ1n) is 17.0. The van der Waals surface area contributed by atoms with E-state index in [0.717, 1.165) is 11.1 Å². The van der Waals surface area contributed by atoms with Crippen LogP contribution in [0.5, 0.6) is 0 Å². The van der Waals surface area contributed by atoms with Crippen LogP contribution in [0.2, 0.25) is 0 Å². The topological polar surface area (TPSA) is 102 Å². The molecule has 0 radical (unpaired) electrons. The summed E-state index contributed by atoms with van der Waals surface area (Å²) in [6, 6.07) is 15.0. The highest BCUT2D eigenvalue weighted by Crippen LogP contribution is 2.47. The lowest BCUT2D eigenvalue weighted by Gasteiger charge is -2.41. The van der Waals surface area contributed by atoms with Crippen LogP contribution in [-0.2, 0) is 26.4 Å². The van der Waals surface area contributed by atoms with E-state index in [2.05, 4.69) is 140 Å². The van der Waals surface area contributed by atoms with Gasteiger partial charge in [-0.15, -0.1) is 0 Å². The van der Waals surface area contributed by atoms with E-state index in [9.17, 15) is 4.79 Å². The van der Waals surface area contributed by atoms with Gasteiger partial charge in [-0.3, -0.25) is 0 Å². The maximum Gasteiger partial charge on any atom is 0.358 e. The Hall–Kier alpha value is -5.32. The molecule has 2 aliphatic rings. The highest BCUT2D eigenvalue weighted by atomic mass is 16.5. The molecule has 2 aromatic carbocycles. The standard InChI is InChI=1S/C22H24N2O2.C21H21N3/c1-21(2)10-11-22(3,4)18-12-15(7-9-17(18)21)6-8-16-13-24-19(14-23-16)20(25)26-5;1-20(2)9-10-21(3,4)19-11-15(6-8-18(19)20)5-7-16-13-24-17(12-22)14-23-16/h7,9,12-14H,10-11H2,1-5H3;6,8,11,13-14H,9-10H2,1-4H3. The van der Waals surface area contributed by atoms with Crippen LogP contribution in [0, 0.1) is 35.0 Å². The number of aromatic nitrogens is 4. The number of hydrogen-bond acceptors (Lipinski definition) is 7. The Balaban J connectivity index is 0.000000195. The molecule has 0 atom stereocenters. The Kier molecular flexibility index (Phi) is 9.99. The molecule has 2 aromatic heterocycles. The number of fused-ring (bicyclic) bond motifs is 2. The molecule has 2 aliphatic carbocycles. The van der Waals surface area contributed by atoms with Crippen LogP contribution in [0.4, 0.5) is 0 Å². The van der Waals surface area contributed by atoms with E-state index in [0.29, 0.717) is 17.1 Å². The van der Waals surface area contributed by atoms with Crippen LogP contribution < -0.4 is 0 Å². The van der Waals surface area contributed by atoms with Crippen LogP contribution in [0.3, 0.4) is 0 Å². The van der Waals surface area contributed by atoms with Crippen molar-refractivity contribution in [2.75, 3.05) is 7.11 Å². The lowest BCUT2D eigenvalue weighted by molar-refractivity contribution is 0.0593. The van der Waals surface area contributed by atoms with Crippen LogP contribution in [0.15, 0.2) is 61.2 Å². The monoisotopic (exact) mass is 663 g/mol. The fraction of sp³-hybridized carbons (Fsp3) is 0.395. The Morgan fingerprint density at radius 1 is 0.580 bits per heavy atom. The molecule has 6 rings (SSSR count). The van der Waals surface area contributed by atoms with Crippen LogP contribution >= 0.6 is 0 Å². The first kappa shape index (κ1) is 36.0. The first-order valence-corrected chi connectivity index (χ1v) is 17.0. The Bertz CT molecular complexity index is 2080. The predicted molar refractivity (Wildman–Crippen MR) is 196 cm³/mol. The van der Waals surface area contributed by atoms with Gasteiger partial charge in [0.2, 0.25) is 0 Å². The van der Waals surface area contributed by atoms with Crippen molar-refractivity contribution in [2.24, 2.45) is 0 Å². The average Bonchev–Trinajstić information content (AvgIpc) is 3.11. The number of esters is 1. The highest BCUT2D eigenvalue weighted by molar-refractivity contribution is 5.86. The quantitative estimate of drug-likeness (QED) is 0.150. The van der Waals surface area contributed by atoms with Crippen molar-refractivity contribution in [3.8, 4) is 29.8 Å². The minimum atomic E-state index is -0.503. The number of methoxy groups -OCH3 is 1. The molecule has 0 N–H and O–H groups in total. The summed E-state index contributed by atoms with van der Waals surface area (Å²) in [6.45, 7) is 18.5. The van der Waals surface area contributed by atoms with E-state index in [1.165, 1.54) is 79.8 Å². The van der Waals surface area contributed by atoms with Crippen molar-refractivity contribution < 1.29 is 9.53 Å². The lowest BCUT2D eigenvalue weighted by atomic mass is 9.63. The number of benzene rings is 2. The summed E-state index contributed by atoms with van der Waals surface area (Å²) in [6.07, 6.45) is 10.6. The van der Waals surface area contributed by atoms with Gasteiger partial charge in [-0.1, -0.05) is 79.4 Å². The predicted octanol–water partition coefficient (Wildman–Crippen LogP) is 8.11. The largest absolute Gasteiger partial charge is 0.464 e. The van der Waals surface area contributed by atoms with Crippen molar-refractivity contribution in [2.45, 2.75) is 103 Å². The zero-order valence-corrected chi connectivity index (χ0v) is 30.7. The van der Waals surface area contributed by atoms with Crippen molar-refractivity contribution >= 4 is 5.97 Å². The molecule has 50 heavy (non-hydrogen) atoms.